The van der Waals surface area contributed by atoms with Crippen molar-refractivity contribution >= 4 is 10.0 Å². The molecule has 1 atom stereocenters. The van der Waals surface area contributed by atoms with Crippen molar-refractivity contribution in [2.75, 3.05) is 20.2 Å². The second kappa shape index (κ2) is 5.48. The van der Waals surface area contributed by atoms with Crippen LogP contribution in [0.2, 0.25) is 0 Å². The number of rotatable bonds is 3. The van der Waals surface area contributed by atoms with E-state index in [1.54, 1.807) is 12.1 Å². The quantitative estimate of drug-likeness (QED) is 0.902. The van der Waals surface area contributed by atoms with Crippen molar-refractivity contribution in [1.29, 1.82) is 0 Å². The molecule has 0 saturated carbocycles. The van der Waals surface area contributed by atoms with Crippen LogP contribution in [0.25, 0.3) is 0 Å². The predicted molar refractivity (Wildman–Crippen MR) is 73.7 cm³/mol. The summed E-state index contributed by atoms with van der Waals surface area (Å²) >= 11 is 0. The van der Waals surface area contributed by atoms with Gasteiger partial charge in [0.25, 0.3) is 0 Å². The lowest BCUT2D eigenvalue weighted by molar-refractivity contribution is 0.314. The van der Waals surface area contributed by atoms with E-state index in [2.05, 4.69) is 0 Å². The predicted octanol–water partition coefficient (Wildman–Crippen LogP) is 1.12. The standard InChI is InChI=1S/C13H20N2O3S/c1-10-5-6-12(18-2)13(8-10)19(16,17)15-7-3-4-11(14)9-15/h5-6,8,11H,3-4,7,9,14H2,1-2H3. The molecule has 5 nitrogen and oxygen atoms in total. The fraction of sp³-hybridized carbons (Fsp3) is 0.538. The number of nitrogens with two attached hydrogens (primary N) is 1. The van der Waals surface area contributed by atoms with Gasteiger partial charge >= 0.3 is 0 Å². The van der Waals surface area contributed by atoms with Crippen molar-refractivity contribution in [3.8, 4) is 5.75 Å². The van der Waals surface area contributed by atoms with Crippen LogP contribution in [-0.2, 0) is 10.0 Å². The van der Waals surface area contributed by atoms with Crippen LogP contribution in [0.3, 0.4) is 0 Å². The fourth-order valence-corrected chi connectivity index (χ4v) is 4.09. The minimum atomic E-state index is -3.53. The third-order valence-corrected chi connectivity index (χ3v) is 5.24. The van der Waals surface area contributed by atoms with Gasteiger partial charge in [-0.25, -0.2) is 8.42 Å². The van der Waals surface area contributed by atoms with Gasteiger partial charge < -0.3 is 10.5 Å². The van der Waals surface area contributed by atoms with Crippen LogP contribution in [-0.4, -0.2) is 39.0 Å². The zero-order valence-electron chi connectivity index (χ0n) is 11.3. The maximum absolute atomic E-state index is 12.7. The summed E-state index contributed by atoms with van der Waals surface area (Å²) in [6.07, 6.45) is 1.67. The summed E-state index contributed by atoms with van der Waals surface area (Å²) in [5.41, 5.74) is 6.75. The number of ether oxygens (including phenoxy) is 1. The van der Waals surface area contributed by atoms with Crippen LogP contribution in [0, 0.1) is 6.92 Å². The molecule has 19 heavy (non-hydrogen) atoms. The average molecular weight is 284 g/mol. The van der Waals surface area contributed by atoms with Crippen molar-refractivity contribution in [1.82, 2.24) is 4.31 Å². The van der Waals surface area contributed by atoms with Gasteiger partial charge in [-0.3, -0.25) is 0 Å². The number of sulfonamides is 1. The molecule has 6 heteroatoms. The summed E-state index contributed by atoms with van der Waals surface area (Å²) < 4.78 is 31.9. The molecule has 2 rings (SSSR count). The molecule has 0 bridgehead atoms. The number of nitrogens with zero attached hydrogens (tertiary/aromatic N) is 1. The zero-order valence-corrected chi connectivity index (χ0v) is 12.1. The first-order chi connectivity index (χ1) is 8.95. The van der Waals surface area contributed by atoms with Gasteiger partial charge in [-0.15, -0.1) is 0 Å². The van der Waals surface area contributed by atoms with Crippen LogP contribution in [0.4, 0.5) is 0 Å². The lowest BCUT2D eigenvalue weighted by Gasteiger charge is -2.30. The van der Waals surface area contributed by atoms with Gasteiger partial charge in [0.1, 0.15) is 10.6 Å². The summed E-state index contributed by atoms with van der Waals surface area (Å²) in [6, 6.07) is 5.08. The van der Waals surface area contributed by atoms with E-state index in [1.807, 2.05) is 13.0 Å². The Kier molecular flexibility index (Phi) is 4.13. The van der Waals surface area contributed by atoms with E-state index in [0.717, 1.165) is 18.4 Å². The van der Waals surface area contributed by atoms with Crippen molar-refractivity contribution in [3.05, 3.63) is 23.8 Å². The summed E-state index contributed by atoms with van der Waals surface area (Å²) in [5, 5.41) is 0. The second-order valence-corrected chi connectivity index (χ2v) is 6.83. The van der Waals surface area contributed by atoms with E-state index in [9.17, 15) is 8.42 Å². The molecule has 1 fully saturated rings. The van der Waals surface area contributed by atoms with Gasteiger partial charge in [0.2, 0.25) is 10.0 Å². The first-order valence-electron chi connectivity index (χ1n) is 6.35. The fourth-order valence-electron chi connectivity index (χ4n) is 2.32. The lowest BCUT2D eigenvalue weighted by Crippen LogP contribution is -2.45. The molecule has 0 aromatic heterocycles. The van der Waals surface area contributed by atoms with E-state index in [1.165, 1.54) is 11.4 Å². The Morgan fingerprint density at radius 1 is 1.42 bits per heavy atom. The Bertz CT molecular complexity index is 557. The van der Waals surface area contributed by atoms with Crippen molar-refractivity contribution in [2.45, 2.75) is 30.7 Å². The molecule has 0 amide bonds. The highest BCUT2D eigenvalue weighted by Crippen LogP contribution is 2.29. The molecule has 106 valence electrons. The third-order valence-electron chi connectivity index (χ3n) is 3.36. The molecule has 0 aliphatic carbocycles. The number of hydrogen-bond acceptors (Lipinski definition) is 4. The Morgan fingerprint density at radius 2 is 2.16 bits per heavy atom. The van der Waals surface area contributed by atoms with Gasteiger partial charge in [0, 0.05) is 19.1 Å². The monoisotopic (exact) mass is 284 g/mol. The first-order valence-corrected chi connectivity index (χ1v) is 7.79. The Balaban J connectivity index is 2.41. The van der Waals surface area contributed by atoms with Crippen LogP contribution >= 0.6 is 0 Å². The average Bonchev–Trinajstić information content (AvgIpc) is 2.38. The molecule has 1 unspecified atom stereocenters. The second-order valence-electron chi connectivity index (χ2n) is 4.92. The topological polar surface area (TPSA) is 72.6 Å². The SMILES string of the molecule is COc1ccc(C)cc1S(=O)(=O)N1CCCC(N)C1. The largest absolute Gasteiger partial charge is 0.495 e. The molecule has 1 saturated heterocycles. The molecule has 1 aliphatic heterocycles. The van der Waals surface area contributed by atoms with Crippen LogP contribution in [0.15, 0.2) is 23.1 Å². The molecule has 1 aromatic carbocycles. The maximum atomic E-state index is 12.7. The Hall–Kier alpha value is -1.11. The van der Waals surface area contributed by atoms with Crippen LogP contribution < -0.4 is 10.5 Å². The highest BCUT2D eigenvalue weighted by Gasteiger charge is 2.31. The van der Waals surface area contributed by atoms with Gasteiger partial charge in [-0.1, -0.05) is 6.07 Å². The van der Waals surface area contributed by atoms with E-state index in [-0.39, 0.29) is 10.9 Å². The lowest BCUT2D eigenvalue weighted by atomic mass is 10.1. The summed E-state index contributed by atoms with van der Waals surface area (Å²) in [6.45, 7) is 2.76. The van der Waals surface area contributed by atoms with Gasteiger partial charge in [-0.2, -0.15) is 4.31 Å². The van der Waals surface area contributed by atoms with Gasteiger partial charge in [0.15, 0.2) is 0 Å². The molecule has 1 aromatic rings. The van der Waals surface area contributed by atoms with Crippen molar-refractivity contribution < 1.29 is 13.2 Å². The summed E-state index contributed by atoms with van der Waals surface area (Å²) in [4.78, 5) is 0.226. The highest BCUT2D eigenvalue weighted by atomic mass is 32.2. The zero-order chi connectivity index (χ0) is 14.0. The van der Waals surface area contributed by atoms with Crippen molar-refractivity contribution in [3.63, 3.8) is 0 Å². The van der Waals surface area contributed by atoms with Gasteiger partial charge in [0.05, 0.1) is 7.11 Å². The summed E-state index contributed by atoms with van der Waals surface area (Å²) in [5.74, 6) is 0.379. The molecule has 1 heterocycles. The van der Waals surface area contributed by atoms with E-state index >= 15 is 0 Å². The minimum absolute atomic E-state index is 0.0840. The summed E-state index contributed by atoms with van der Waals surface area (Å²) in [7, 11) is -2.05. The van der Waals surface area contributed by atoms with Crippen molar-refractivity contribution in [2.24, 2.45) is 5.73 Å². The minimum Gasteiger partial charge on any atom is -0.495 e. The molecule has 0 radical (unpaired) electrons. The normalized spacial score (nSPS) is 21.3. The highest BCUT2D eigenvalue weighted by molar-refractivity contribution is 7.89. The number of aryl methyl sites for hydroxylation is 1. The van der Waals surface area contributed by atoms with Gasteiger partial charge in [-0.05, 0) is 37.5 Å². The number of piperidine rings is 1. The van der Waals surface area contributed by atoms with Crippen LogP contribution in [0.1, 0.15) is 18.4 Å². The van der Waals surface area contributed by atoms with E-state index in [4.69, 9.17) is 10.5 Å². The van der Waals surface area contributed by atoms with E-state index < -0.39 is 10.0 Å². The maximum Gasteiger partial charge on any atom is 0.246 e. The molecule has 0 spiro atoms. The number of hydrogen-bond donors (Lipinski definition) is 1. The number of methoxy groups -OCH3 is 1. The Morgan fingerprint density at radius 3 is 2.79 bits per heavy atom. The van der Waals surface area contributed by atoms with E-state index in [0.29, 0.717) is 18.8 Å². The number of benzene rings is 1. The third kappa shape index (κ3) is 2.91. The molecule has 1 aliphatic rings. The Labute approximate surface area is 114 Å². The first kappa shape index (κ1) is 14.3. The molecule has 2 N–H and O–H groups in total. The smallest absolute Gasteiger partial charge is 0.246 e. The molecular weight excluding hydrogens is 264 g/mol. The molecular formula is C13H20N2O3S. The van der Waals surface area contributed by atoms with Crippen LogP contribution in [0.5, 0.6) is 5.75 Å².